The van der Waals surface area contributed by atoms with Gasteiger partial charge < -0.3 is 0 Å². The first-order valence-corrected chi connectivity index (χ1v) is 18.0. The topological polar surface area (TPSA) is 12.9 Å². The number of hydrogen-bond acceptors (Lipinski definition) is 2. The number of rotatable bonds is 3. The van der Waals surface area contributed by atoms with Gasteiger partial charge in [-0.2, -0.15) is 0 Å². The van der Waals surface area contributed by atoms with E-state index >= 15 is 0 Å². The van der Waals surface area contributed by atoms with E-state index in [2.05, 4.69) is 99.4 Å². The van der Waals surface area contributed by atoms with E-state index in [1.54, 1.807) is 3.40 Å². The first-order valence-electron chi connectivity index (χ1n) is 11.3. The Morgan fingerprint density at radius 1 is 0.788 bits per heavy atom. The molecule has 0 amide bonds. The van der Waals surface area contributed by atoms with Crippen LogP contribution in [0.15, 0.2) is 79.0 Å². The third kappa shape index (κ3) is 3.52. The molecule has 33 heavy (non-hydrogen) atoms. The molecular weight excluding hydrogens is 550 g/mol. The molecule has 162 valence electrons. The van der Waals surface area contributed by atoms with Crippen molar-refractivity contribution in [2.45, 2.75) is 26.6 Å². The summed E-state index contributed by atoms with van der Waals surface area (Å²) in [6, 6.07) is 27.2. The number of aryl methyl sites for hydroxylation is 1. The van der Waals surface area contributed by atoms with Gasteiger partial charge in [-0.3, -0.25) is 0 Å². The Morgan fingerprint density at radius 2 is 1.55 bits per heavy atom. The molecule has 1 nitrogen and oxygen atoms in total. The van der Waals surface area contributed by atoms with Gasteiger partial charge in [0.25, 0.3) is 0 Å². The third-order valence-corrected chi connectivity index (χ3v) is 13.4. The molecule has 0 radical (unpaired) electrons. The molecule has 3 aromatic heterocycles. The fourth-order valence-corrected chi connectivity index (χ4v) is 10.6. The number of pyridine rings is 1. The van der Waals surface area contributed by atoms with E-state index in [1.165, 1.54) is 51.0 Å². The second-order valence-corrected chi connectivity index (χ2v) is 18.8. The van der Waals surface area contributed by atoms with Crippen LogP contribution in [0.1, 0.15) is 5.56 Å². The van der Waals surface area contributed by atoms with Crippen LogP contribution in [0, 0.1) is 6.92 Å². The molecule has 0 unspecified atom stereocenters. The number of nitrogens with zero attached hydrogens (tertiary/aromatic N) is 1. The van der Waals surface area contributed by atoms with Crippen molar-refractivity contribution in [3.8, 4) is 21.7 Å². The summed E-state index contributed by atoms with van der Waals surface area (Å²) in [7, 11) is -1.30. The van der Waals surface area contributed by atoms with E-state index in [0.717, 1.165) is 5.69 Å². The maximum absolute atomic E-state index is 4.95. The van der Waals surface area contributed by atoms with E-state index in [4.69, 9.17) is 4.98 Å². The predicted molar refractivity (Wildman–Crippen MR) is 150 cm³/mol. The van der Waals surface area contributed by atoms with Gasteiger partial charge >= 0.3 is 210 Å². The molecule has 0 aliphatic heterocycles. The van der Waals surface area contributed by atoms with Gasteiger partial charge in [0.15, 0.2) is 0 Å². The molecular formula is C29H25NSSiTe. The molecule has 0 saturated heterocycles. The SMILES string of the molecule is Cc1c(-c2ccc([Si](C)(C)C)cc2)sc2c(-c3cccc4c3[te]c3ccccc34)nccc12. The maximum atomic E-state index is 4.95. The molecule has 3 heterocycles. The van der Waals surface area contributed by atoms with Crippen LogP contribution in [0.3, 0.4) is 0 Å². The summed E-state index contributed by atoms with van der Waals surface area (Å²) in [4.78, 5) is 6.32. The predicted octanol–water partition coefficient (Wildman–Crippen LogP) is 7.85. The summed E-state index contributed by atoms with van der Waals surface area (Å²) >= 11 is 1.50. The Bertz CT molecular complexity index is 1650. The Kier molecular flexibility index (Phi) is 5.12. The van der Waals surface area contributed by atoms with E-state index in [0.29, 0.717) is 0 Å². The van der Waals surface area contributed by atoms with Crippen molar-refractivity contribution in [2.24, 2.45) is 0 Å². The number of aromatic nitrogens is 1. The Balaban J connectivity index is 1.56. The van der Waals surface area contributed by atoms with Crippen LogP contribution >= 0.6 is 11.3 Å². The van der Waals surface area contributed by atoms with Gasteiger partial charge in [-0.25, -0.2) is 0 Å². The van der Waals surface area contributed by atoms with Crippen LogP contribution in [0.2, 0.25) is 19.6 Å². The first-order chi connectivity index (χ1) is 15.9. The molecule has 0 saturated carbocycles. The third-order valence-electron chi connectivity index (χ3n) is 6.53. The van der Waals surface area contributed by atoms with Gasteiger partial charge in [0.1, 0.15) is 0 Å². The average Bonchev–Trinajstić information content (AvgIpc) is 3.36. The zero-order valence-electron chi connectivity index (χ0n) is 19.3. The van der Waals surface area contributed by atoms with Crippen molar-refractivity contribution in [2.75, 3.05) is 0 Å². The van der Waals surface area contributed by atoms with Crippen molar-refractivity contribution in [1.29, 1.82) is 0 Å². The van der Waals surface area contributed by atoms with E-state index in [-0.39, 0.29) is 0 Å². The molecule has 0 fully saturated rings. The molecule has 4 heteroatoms. The summed E-state index contributed by atoms with van der Waals surface area (Å²) in [5.74, 6) is 0. The average molecular weight is 575 g/mol. The van der Waals surface area contributed by atoms with Crippen molar-refractivity contribution < 1.29 is 0 Å². The van der Waals surface area contributed by atoms with Crippen LogP contribution in [0.5, 0.6) is 0 Å². The standard InChI is InChI=1S/C29H25NSSiTe/c1-18-21-16-17-30-26(24-10-7-9-23-22-8-5-6-11-25(22)33-29(23)24)28(21)31-27(18)19-12-14-20(15-13-19)32(2,3)4/h5-17H,1-4H3. The van der Waals surface area contributed by atoms with Gasteiger partial charge in [0, 0.05) is 0 Å². The Morgan fingerprint density at radius 3 is 2.33 bits per heavy atom. The van der Waals surface area contributed by atoms with Gasteiger partial charge in [-0.05, 0) is 0 Å². The molecule has 6 rings (SSSR count). The number of hydrogen-bond donors (Lipinski definition) is 0. The molecule has 0 spiro atoms. The van der Waals surface area contributed by atoms with Crippen molar-refractivity contribution in [3.05, 3.63) is 84.6 Å². The molecule has 0 bridgehead atoms. The van der Waals surface area contributed by atoms with Gasteiger partial charge in [0.2, 0.25) is 0 Å². The van der Waals surface area contributed by atoms with Gasteiger partial charge in [-0.15, -0.1) is 0 Å². The molecule has 6 aromatic rings. The first kappa shape index (κ1) is 21.3. The fourth-order valence-electron chi connectivity index (χ4n) is 4.67. The minimum absolute atomic E-state index is 0.407. The van der Waals surface area contributed by atoms with E-state index < -0.39 is 28.5 Å². The molecule has 3 aromatic carbocycles. The molecule has 0 N–H and O–H groups in total. The van der Waals surface area contributed by atoms with Crippen molar-refractivity contribution in [1.82, 2.24) is 4.98 Å². The van der Waals surface area contributed by atoms with Gasteiger partial charge in [0.05, 0.1) is 0 Å². The van der Waals surface area contributed by atoms with Crippen LogP contribution in [0.25, 0.3) is 49.4 Å². The fraction of sp³-hybridized carbons (Fsp3) is 0.138. The second kappa shape index (κ2) is 7.93. The quantitative estimate of drug-likeness (QED) is 0.196. The Hall–Kier alpha value is -2.22. The van der Waals surface area contributed by atoms with Crippen molar-refractivity contribution in [3.63, 3.8) is 0 Å². The normalized spacial score (nSPS) is 12.2. The van der Waals surface area contributed by atoms with E-state index in [1.807, 2.05) is 17.5 Å². The zero-order chi connectivity index (χ0) is 22.7. The number of fused-ring (bicyclic) bond motifs is 4. The van der Waals surface area contributed by atoms with Crippen LogP contribution in [0.4, 0.5) is 0 Å². The van der Waals surface area contributed by atoms with Crippen LogP contribution < -0.4 is 5.19 Å². The zero-order valence-corrected chi connectivity index (χ0v) is 23.4. The minimum atomic E-state index is -1.30. The summed E-state index contributed by atoms with van der Waals surface area (Å²) < 4.78 is 4.40. The summed E-state index contributed by atoms with van der Waals surface area (Å²) in [6.07, 6.45) is 2.00. The second-order valence-electron chi connectivity index (χ2n) is 9.70. The molecule has 0 aliphatic rings. The summed E-state index contributed by atoms with van der Waals surface area (Å²) in [5, 5.41) is 5.69. The summed E-state index contributed by atoms with van der Waals surface area (Å²) in [6.45, 7) is 9.49. The number of thiophene rings is 1. The Labute approximate surface area is 209 Å². The molecule has 0 atom stereocenters. The van der Waals surface area contributed by atoms with Gasteiger partial charge in [-0.1, -0.05) is 0 Å². The van der Waals surface area contributed by atoms with Crippen LogP contribution in [-0.4, -0.2) is 33.5 Å². The monoisotopic (exact) mass is 577 g/mol. The molecule has 0 aliphatic carbocycles. The number of benzene rings is 3. The summed E-state index contributed by atoms with van der Waals surface area (Å²) in [5.41, 5.74) is 5.17. The van der Waals surface area contributed by atoms with E-state index in [9.17, 15) is 0 Å². The van der Waals surface area contributed by atoms with Crippen molar-refractivity contribution >= 4 is 72.7 Å². The van der Waals surface area contributed by atoms with Crippen LogP contribution in [-0.2, 0) is 0 Å².